The molecule has 0 radical (unpaired) electrons. The third-order valence-corrected chi connectivity index (χ3v) is 7.20. The highest BCUT2D eigenvalue weighted by atomic mass is 32.1. The Kier molecular flexibility index (Phi) is 4.15. The van der Waals surface area contributed by atoms with Gasteiger partial charge in [0.05, 0.1) is 11.4 Å². The molecule has 5 rings (SSSR count). The van der Waals surface area contributed by atoms with Crippen molar-refractivity contribution in [3.63, 3.8) is 0 Å². The molecule has 4 bridgehead atoms. The molecule has 0 aliphatic heterocycles. The van der Waals surface area contributed by atoms with Gasteiger partial charge in [-0.05, 0) is 80.8 Å². The van der Waals surface area contributed by atoms with Crippen molar-refractivity contribution >= 4 is 23.2 Å². The third-order valence-electron chi connectivity index (χ3n) is 6.20. The Hall–Kier alpha value is -1.36. The molecule has 4 aliphatic rings. The van der Waals surface area contributed by atoms with Crippen molar-refractivity contribution in [3.8, 4) is 0 Å². The van der Waals surface area contributed by atoms with E-state index >= 15 is 0 Å². The van der Waals surface area contributed by atoms with Crippen LogP contribution in [0.4, 0.5) is 0 Å². The fraction of sp³-hybridized carbons (Fsp3) is 0.684. The second-order valence-electron chi connectivity index (χ2n) is 8.29. The van der Waals surface area contributed by atoms with Crippen LogP contribution < -0.4 is 10.6 Å². The molecule has 1 heterocycles. The number of rotatable bonds is 5. The zero-order valence-electron chi connectivity index (χ0n) is 14.3. The molecule has 24 heavy (non-hydrogen) atoms. The van der Waals surface area contributed by atoms with Gasteiger partial charge in [0, 0.05) is 11.4 Å². The Balaban J connectivity index is 1.26. The summed E-state index contributed by atoms with van der Waals surface area (Å²) in [5.74, 6) is 2.48. The van der Waals surface area contributed by atoms with Gasteiger partial charge in [-0.25, -0.2) is 0 Å². The summed E-state index contributed by atoms with van der Waals surface area (Å²) in [6.45, 7) is 2.84. The van der Waals surface area contributed by atoms with E-state index < -0.39 is 0 Å². The number of nitrogens with one attached hydrogen (secondary N) is 2. The van der Waals surface area contributed by atoms with Crippen molar-refractivity contribution in [3.05, 3.63) is 21.9 Å². The van der Waals surface area contributed by atoms with Crippen LogP contribution in [0.25, 0.3) is 0 Å². The first kappa shape index (κ1) is 16.1. The van der Waals surface area contributed by atoms with Gasteiger partial charge in [-0.1, -0.05) is 0 Å². The molecular formula is C19H26N2O2S. The first-order chi connectivity index (χ1) is 11.5. The van der Waals surface area contributed by atoms with Crippen LogP contribution in [0, 0.1) is 30.1 Å². The van der Waals surface area contributed by atoms with Gasteiger partial charge < -0.3 is 10.6 Å². The van der Waals surface area contributed by atoms with Crippen LogP contribution >= 0.6 is 11.3 Å². The zero-order valence-corrected chi connectivity index (χ0v) is 15.1. The molecule has 2 N–H and O–H groups in total. The molecule has 5 heteroatoms. The topological polar surface area (TPSA) is 58.2 Å². The smallest absolute Gasteiger partial charge is 0.261 e. The van der Waals surface area contributed by atoms with Gasteiger partial charge in [0.15, 0.2) is 0 Å². The van der Waals surface area contributed by atoms with Crippen molar-refractivity contribution in [1.29, 1.82) is 0 Å². The predicted octanol–water partition coefficient (Wildman–Crippen LogP) is 3.12. The van der Waals surface area contributed by atoms with Gasteiger partial charge in [-0.15, -0.1) is 11.3 Å². The summed E-state index contributed by atoms with van der Waals surface area (Å²) in [7, 11) is 0. The largest absolute Gasteiger partial charge is 0.354 e. The molecular weight excluding hydrogens is 320 g/mol. The van der Waals surface area contributed by atoms with Crippen molar-refractivity contribution in [2.75, 3.05) is 13.1 Å². The van der Waals surface area contributed by atoms with E-state index in [-0.39, 0.29) is 18.4 Å². The van der Waals surface area contributed by atoms with Crippen LogP contribution in [0.2, 0.25) is 0 Å². The van der Waals surface area contributed by atoms with Crippen LogP contribution in [0.1, 0.15) is 53.1 Å². The molecule has 0 spiro atoms. The molecule has 4 aliphatic carbocycles. The van der Waals surface area contributed by atoms with Gasteiger partial charge in [0.25, 0.3) is 5.91 Å². The maximum atomic E-state index is 12.2. The molecule has 4 nitrogen and oxygen atoms in total. The summed E-state index contributed by atoms with van der Waals surface area (Å²) < 4.78 is 0. The third kappa shape index (κ3) is 3.23. The summed E-state index contributed by atoms with van der Waals surface area (Å²) in [4.78, 5) is 25.9. The molecule has 0 aromatic carbocycles. The van der Waals surface area contributed by atoms with Gasteiger partial charge >= 0.3 is 0 Å². The number of carbonyl (C=O) groups is 2. The van der Waals surface area contributed by atoms with Crippen molar-refractivity contribution in [2.24, 2.45) is 23.2 Å². The number of hydrogen-bond acceptors (Lipinski definition) is 3. The fourth-order valence-corrected chi connectivity index (χ4v) is 6.44. The first-order valence-electron chi connectivity index (χ1n) is 9.13. The SMILES string of the molecule is Cc1ccc(C(=O)NCC(=O)NCC23CC4CC(CC(C4)C2)C3)s1. The van der Waals surface area contributed by atoms with E-state index in [0.717, 1.165) is 29.2 Å². The summed E-state index contributed by atoms with van der Waals surface area (Å²) in [6, 6.07) is 3.73. The summed E-state index contributed by atoms with van der Waals surface area (Å²) in [5.41, 5.74) is 0.347. The van der Waals surface area contributed by atoms with Crippen molar-refractivity contribution < 1.29 is 9.59 Å². The van der Waals surface area contributed by atoms with E-state index in [0.29, 0.717) is 10.3 Å². The van der Waals surface area contributed by atoms with Crippen LogP contribution in [0.3, 0.4) is 0 Å². The summed E-state index contributed by atoms with van der Waals surface area (Å²) >= 11 is 1.46. The molecule has 0 atom stereocenters. The minimum absolute atomic E-state index is 0.0626. The lowest BCUT2D eigenvalue weighted by atomic mass is 9.49. The number of carbonyl (C=O) groups excluding carboxylic acids is 2. The Morgan fingerprint density at radius 2 is 1.71 bits per heavy atom. The Labute approximate surface area is 147 Å². The van der Waals surface area contributed by atoms with Gasteiger partial charge in [-0.3, -0.25) is 9.59 Å². The summed E-state index contributed by atoms with van der Waals surface area (Å²) in [6.07, 6.45) is 8.14. The van der Waals surface area contributed by atoms with Crippen molar-refractivity contribution in [2.45, 2.75) is 45.4 Å². The highest BCUT2D eigenvalue weighted by molar-refractivity contribution is 7.13. The number of hydrogen-bond donors (Lipinski definition) is 2. The lowest BCUT2D eigenvalue weighted by molar-refractivity contribution is -0.122. The second-order valence-corrected chi connectivity index (χ2v) is 9.58. The maximum absolute atomic E-state index is 12.2. The lowest BCUT2D eigenvalue weighted by Crippen LogP contribution is -2.52. The predicted molar refractivity (Wildman–Crippen MR) is 95.0 cm³/mol. The normalized spacial score (nSPS) is 33.5. The monoisotopic (exact) mass is 346 g/mol. The molecule has 0 unspecified atom stereocenters. The molecule has 1 aromatic heterocycles. The lowest BCUT2D eigenvalue weighted by Gasteiger charge is -2.56. The fourth-order valence-electron chi connectivity index (χ4n) is 5.66. The van der Waals surface area contributed by atoms with Gasteiger partial charge in [-0.2, -0.15) is 0 Å². The van der Waals surface area contributed by atoms with Crippen LogP contribution in [-0.4, -0.2) is 24.9 Å². The molecule has 1 aromatic rings. The average Bonchev–Trinajstić information content (AvgIpc) is 2.96. The highest BCUT2D eigenvalue weighted by Crippen LogP contribution is 2.59. The Bertz CT molecular complexity index is 616. The van der Waals surface area contributed by atoms with E-state index in [1.807, 2.05) is 19.1 Å². The van der Waals surface area contributed by atoms with Crippen LogP contribution in [0.5, 0.6) is 0 Å². The minimum Gasteiger partial charge on any atom is -0.354 e. The average molecular weight is 346 g/mol. The van der Waals surface area contributed by atoms with Gasteiger partial charge in [0.1, 0.15) is 0 Å². The zero-order chi connectivity index (χ0) is 16.7. The van der Waals surface area contributed by atoms with Crippen molar-refractivity contribution in [1.82, 2.24) is 10.6 Å². The maximum Gasteiger partial charge on any atom is 0.261 e. The molecule has 130 valence electrons. The standard InChI is InChI=1S/C19H26N2O2S/c1-12-2-3-16(24-12)18(23)20-10-17(22)21-11-19-7-13-4-14(8-19)6-15(5-13)9-19/h2-3,13-15H,4-11H2,1H3,(H,20,23)(H,21,22). The molecule has 2 amide bonds. The Morgan fingerprint density at radius 1 is 1.08 bits per heavy atom. The van der Waals surface area contributed by atoms with E-state index in [4.69, 9.17) is 0 Å². The van der Waals surface area contributed by atoms with Crippen LogP contribution in [0.15, 0.2) is 12.1 Å². The minimum atomic E-state index is -0.155. The van der Waals surface area contributed by atoms with E-state index in [1.165, 1.54) is 49.9 Å². The number of amides is 2. The number of thiophene rings is 1. The van der Waals surface area contributed by atoms with Gasteiger partial charge in [0.2, 0.25) is 5.91 Å². The second kappa shape index (κ2) is 6.17. The quantitative estimate of drug-likeness (QED) is 0.861. The van der Waals surface area contributed by atoms with Crippen LogP contribution in [-0.2, 0) is 4.79 Å². The number of aryl methyl sites for hydroxylation is 1. The first-order valence-corrected chi connectivity index (χ1v) is 9.94. The highest BCUT2D eigenvalue weighted by Gasteiger charge is 2.50. The van der Waals surface area contributed by atoms with E-state index in [1.54, 1.807) is 0 Å². The Morgan fingerprint density at radius 3 is 2.25 bits per heavy atom. The molecule has 0 saturated heterocycles. The molecule has 4 fully saturated rings. The van der Waals surface area contributed by atoms with E-state index in [9.17, 15) is 9.59 Å². The molecule has 4 saturated carbocycles. The summed E-state index contributed by atoms with van der Waals surface area (Å²) in [5, 5.41) is 5.83. The van der Waals surface area contributed by atoms with E-state index in [2.05, 4.69) is 10.6 Å².